The highest BCUT2D eigenvalue weighted by Crippen LogP contribution is 2.28. The second kappa shape index (κ2) is 11.5. The topological polar surface area (TPSA) is 89.9 Å². The number of oxime groups is 1. The van der Waals surface area contributed by atoms with Crippen molar-refractivity contribution in [2.75, 3.05) is 62.7 Å². The molecule has 2 heterocycles. The third-order valence-corrected chi connectivity index (χ3v) is 6.47. The number of rotatable bonds is 8. The van der Waals surface area contributed by atoms with Crippen molar-refractivity contribution in [2.45, 2.75) is 13.0 Å². The molecule has 36 heavy (non-hydrogen) atoms. The molecule has 0 saturated carbocycles. The van der Waals surface area contributed by atoms with Gasteiger partial charge in [0.1, 0.15) is 23.4 Å². The third-order valence-electron chi connectivity index (χ3n) is 6.33. The highest BCUT2D eigenvalue weighted by molar-refractivity contribution is 7.80. The van der Waals surface area contributed by atoms with Crippen molar-refractivity contribution in [1.82, 2.24) is 10.2 Å². The van der Waals surface area contributed by atoms with Crippen LogP contribution in [-0.4, -0.2) is 85.9 Å². The number of benzene rings is 2. The third kappa shape index (κ3) is 6.03. The monoisotopic (exact) mass is 515 g/mol. The Hall–Kier alpha value is -3.44. The second-order valence-corrected chi connectivity index (χ2v) is 9.34. The van der Waals surface area contributed by atoms with Crippen LogP contribution in [0.25, 0.3) is 0 Å². The molecule has 192 valence electrons. The summed E-state index contributed by atoms with van der Waals surface area (Å²) in [6, 6.07) is 12.2. The summed E-state index contributed by atoms with van der Waals surface area (Å²) < 4.78 is 25.6. The molecule has 2 aliphatic rings. The van der Waals surface area contributed by atoms with Gasteiger partial charge in [-0.3, -0.25) is 9.80 Å². The van der Waals surface area contributed by atoms with Gasteiger partial charge in [-0.05, 0) is 49.4 Å². The van der Waals surface area contributed by atoms with Gasteiger partial charge in [0.2, 0.25) is 0 Å². The van der Waals surface area contributed by atoms with E-state index in [4.69, 9.17) is 21.7 Å². The largest absolute Gasteiger partial charge is 0.497 e. The number of hydrogen-bond acceptors (Lipinski definition) is 8. The number of hydrogen-bond donors (Lipinski definition) is 2. The van der Waals surface area contributed by atoms with E-state index in [0.29, 0.717) is 67.9 Å². The van der Waals surface area contributed by atoms with Gasteiger partial charge in [0.25, 0.3) is 0 Å². The number of thiocarbonyl (C=S) groups is 1. The fourth-order valence-electron chi connectivity index (χ4n) is 4.34. The molecule has 2 aliphatic heterocycles. The van der Waals surface area contributed by atoms with Crippen LogP contribution < -0.4 is 19.9 Å². The van der Waals surface area contributed by atoms with Crippen molar-refractivity contribution < 1.29 is 23.9 Å². The molecule has 9 nitrogen and oxygen atoms in total. The molecule has 0 spiro atoms. The SMILES string of the molecule is COc1ccc(/C(CN2CCN(c3ccc(N4C[C@H](CNC(C)=S)OC4=O)cc3F)CC2)=N/O)cc1. The Morgan fingerprint density at radius 3 is 2.56 bits per heavy atom. The lowest BCUT2D eigenvalue weighted by Gasteiger charge is -2.36. The molecule has 2 aromatic rings. The summed E-state index contributed by atoms with van der Waals surface area (Å²) in [5, 5.41) is 16.0. The Morgan fingerprint density at radius 1 is 1.22 bits per heavy atom. The van der Waals surface area contributed by atoms with Gasteiger partial charge >= 0.3 is 6.09 Å². The Labute approximate surface area is 215 Å². The summed E-state index contributed by atoms with van der Waals surface area (Å²) >= 11 is 5.00. The first-order valence-corrected chi connectivity index (χ1v) is 12.1. The summed E-state index contributed by atoms with van der Waals surface area (Å²) in [6.07, 6.45) is -0.848. The first kappa shape index (κ1) is 25.6. The first-order valence-electron chi connectivity index (χ1n) is 11.7. The molecular formula is C25H30FN5O4S. The van der Waals surface area contributed by atoms with Gasteiger partial charge < -0.3 is 24.9 Å². The lowest BCUT2D eigenvalue weighted by Crippen LogP contribution is -2.48. The minimum Gasteiger partial charge on any atom is -0.497 e. The Morgan fingerprint density at radius 2 is 1.94 bits per heavy atom. The van der Waals surface area contributed by atoms with Crippen LogP contribution in [0.1, 0.15) is 12.5 Å². The molecule has 4 rings (SSSR count). The van der Waals surface area contributed by atoms with Crippen molar-refractivity contribution >= 4 is 40.4 Å². The maximum atomic E-state index is 15.1. The molecule has 0 aromatic heterocycles. The minimum atomic E-state index is -0.497. The van der Waals surface area contributed by atoms with Crippen LogP contribution in [0.5, 0.6) is 5.75 Å². The van der Waals surface area contributed by atoms with E-state index in [1.165, 1.54) is 11.0 Å². The molecule has 0 bridgehead atoms. The number of piperazine rings is 1. The van der Waals surface area contributed by atoms with Gasteiger partial charge in [-0.15, -0.1) is 0 Å². The van der Waals surface area contributed by atoms with Crippen LogP contribution in [0, 0.1) is 5.82 Å². The number of nitrogens with one attached hydrogen (secondary N) is 1. The van der Waals surface area contributed by atoms with E-state index in [1.54, 1.807) is 26.2 Å². The molecule has 1 atom stereocenters. The van der Waals surface area contributed by atoms with E-state index in [9.17, 15) is 10.0 Å². The quantitative estimate of drug-likeness (QED) is 0.240. The molecule has 11 heteroatoms. The van der Waals surface area contributed by atoms with E-state index in [1.807, 2.05) is 29.2 Å². The molecular weight excluding hydrogens is 485 g/mol. The number of carbonyl (C=O) groups excluding carboxylic acids is 1. The number of cyclic esters (lactones) is 1. The fourth-order valence-corrected chi connectivity index (χ4v) is 4.42. The average Bonchev–Trinajstić information content (AvgIpc) is 3.27. The maximum absolute atomic E-state index is 15.1. The average molecular weight is 516 g/mol. The van der Waals surface area contributed by atoms with Gasteiger partial charge in [0.15, 0.2) is 0 Å². The van der Waals surface area contributed by atoms with E-state index < -0.39 is 6.09 Å². The smallest absolute Gasteiger partial charge is 0.414 e. The number of ether oxygens (including phenoxy) is 2. The fraction of sp³-hybridized carbons (Fsp3) is 0.400. The highest BCUT2D eigenvalue weighted by atomic mass is 32.1. The molecule has 1 amide bonds. The maximum Gasteiger partial charge on any atom is 0.414 e. The van der Waals surface area contributed by atoms with Crippen LogP contribution >= 0.6 is 12.2 Å². The predicted octanol–water partition coefficient (Wildman–Crippen LogP) is 3.10. The first-order chi connectivity index (χ1) is 17.4. The van der Waals surface area contributed by atoms with Crippen molar-refractivity contribution in [2.24, 2.45) is 5.16 Å². The standard InChI is InChI=1S/C25H30FN5O4S/c1-17(36)27-14-21-15-31(25(32)35-21)19-5-8-24(22(26)13-19)30-11-9-29(10-12-30)16-23(28-33)18-3-6-20(34-2)7-4-18/h3-8,13,21,33H,9-12,14-16H2,1-2H3,(H,27,36)/b28-23+/t21-/m0/s1. The summed E-state index contributed by atoms with van der Waals surface area (Å²) in [7, 11) is 1.60. The molecule has 0 radical (unpaired) electrons. The van der Waals surface area contributed by atoms with Crippen molar-refractivity contribution in [3.05, 3.63) is 53.8 Å². The van der Waals surface area contributed by atoms with E-state index >= 15 is 4.39 Å². The highest BCUT2D eigenvalue weighted by Gasteiger charge is 2.33. The molecule has 2 saturated heterocycles. The van der Waals surface area contributed by atoms with Gasteiger partial charge in [-0.25, -0.2) is 9.18 Å². The summed E-state index contributed by atoms with van der Waals surface area (Å²) in [4.78, 5) is 18.5. The van der Waals surface area contributed by atoms with Crippen molar-refractivity contribution in [3.8, 4) is 5.75 Å². The van der Waals surface area contributed by atoms with Crippen LogP contribution in [-0.2, 0) is 4.74 Å². The summed E-state index contributed by atoms with van der Waals surface area (Å²) in [5.41, 5.74) is 2.34. The Bertz CT molecular complexity index is 1120. The molecule has 0 aliphatic carbocycles. The summed E-state index contributed by atoms with van der Waals surface area (Å²) in [5.74, 6) is 0.346. The number of nitrogens with zero attached hydrogens (tertiary/aromatic N) is 4. The minimum absolute atomic E-state index is 0.328. The lowest BCUT2D eigenvalue weighted by molar-refractivity contribution is 0.143. The molecule has 0 unspecified atom stereocenters. The van der Waals surface area contributed by atoms with Crippen molar-refractivity contribution in [1.29, 1.82) is 0 Å². The van der Waals surface area contributed by atoms with Gasteiger partial charge in [-0.1, -0.05) is 17.4 Å². The molecule has 2 fully saturated rings. The zero-order valence-electron chi connectivity index (χ0n) is 20.3. The molecule has 2 aromatic carbocycles. The zero-order valence-corrected chi connectivity index (χ0v) is 21.1. The summed E-state index contributed by atoms with van der Waals surface area (Å²) in [6.45, 7) is 5.60. The number of carbonyl (C=O) groups is 1. The Kier molecular flexibility index (Phi) is 8.21. The van der Waals surface area contributed by atoms with E-state index in [2.05, 4.69) is 15.4 Å². The Balaban J connectivity index is 1.33. The van der Waals surface area contributed by atoms with E-state index in [0.717, 1.165) is 11.3 Å². The number of halogens is 1. The van der Waals surface area contributed by atoms with Gasteiger partial charge in [0, 0.05) is 38.3 Å². The van der Waals surface area contributed by atoms with Gasteiger partial charge in [0.05, 0.1) is 36.6 Å². The lowest BCUT2D eigenvalue weighted by atomic mass is 10.1. The number of methoxy groups -OCH3 is 1. The van der Waals surface area contributed by atoms with E-state index in [-0.39, 0.29) is 11.9 Å². The molecule has 2 N–H and O–H groups in total. The predicted molar refractivity (Wildman–Crippen MR) is 140 cm³/mol. The zero-order chi connectivity index (χ0) is 25.7. The second-order valence-electron chi connectivity index (χ2n) is 8.73. The van der Waals surface area contributed by atoms with Gasteiger partial charge in [-0.2, -0.15) is 0 Å². The number of amides is 1. The normalized spacial score (nSPS) is 18.8. The number of anilines is 2. The van der Waals surface area contributed by atoms with Crippen LogP contribution in [0.3, 0.4) is 0 Å². The van der Waals surface area contributed by atoms with Crippen LogP contribution in [0.4, 0.5) is 20.6 Å². The van der Waals surface area contributed by atoms with Crippen LogP contribution in [0.15, 0.2) is 47.6 Å². The van der Waals surface area contributed by atoms with Crippen LogP contribution in [0.2, 0.25) is 0 Å². The van der Waals surface area contributed by atoms with Crippen molar-refractivity contribution in [3.63, 3.8) is 0 Å².